The summed E-state index contributed by atoms with van der Waals surface area (Å²) in [6.45, 7) is 0.946. The van der Waals surface area contributed by atoms with Gasteiger partial charge in [-0.3, -0.25) is 4.68 Å². The Hall–Kier alpha value is -1.18. The highest BCUT2D eigenvalue weighted by Crippen LogP contribution is 2.27. The van der Waals surface area contributed by atoms with Gasteiger partial charge in [-0.15, -0.1) is 11.3 Å². The SMILES string of the molecule is O=S(=O)(NCCn1ccc(-c2cccs2)n1)C1CC1. The van der Waals surface area contributed by atoms with E-state index < -0.39 is 10.0 Å². The maximum absolute atomic E-state index is 11.6. The van der Waals surface area contributed by atoms with Crippen LogP contribution >= 0.6 is 11.3 Å². The average Bonchev–Trinajstić information content (AvgIpc) is 2.92. The zero-order chi connectivity index (χ0) is 13.3. The fourth-order valence-electron chi connectivity index (χ4n) is 1.84. The summed E-state index contributed by atoms with van der Waals surface area (Å²) in [5.74, 6) is 0. The Kier molecular flexibility index (Phi) is 3.42. The molecule has 3 rings (SSSR count). The number of sulfonamides is 1. The van der Waals surface area contributed by atoms with Gasteiger partial charge in [-0.1, -0.05) is 6.07 Å². The lowest BCUT2D eigenvalue weighted by Crippen LogP contribution is -2.30. The third kappa shape index (κ3) is 3.05. The average molecular weight is 297 g/mol. The van der Waals surface area contributed by atoms with Gasteiger partial charge in [0.2, 0.25) is 10.0 Å². The molecule has 7 heteroatoms. The smallest absolute Gasteiger partial charge is 0.214 e. The van der Waals surface area contributed by atoms with Gasteiger partial charge in [0, 0.05) is 12.7 Å². The van der Waals surface area contributed by atoms with Crippen LogP contribution in [0.5, 0.6) is 0 Å². The molecular weight excluding hydrogens is 282 g/mol. The van der Waals surface area contributed by atoms with Gasteiger partial charge in [-0.25, -0.2) is 13.1 Å². The molecule has 5 nitrogen and oxygen atoms in total. The molecule has 19 heavy (non-hydrogen) atoms. The van der Waals surface area contributed by atoms with E-state index in [1.54, 1.807) is 16.0 Å². The Balaban J connectivity index is 1.56. The number of aromatic nitrogens is 2. The van der Waals surface area contributed by atoms with Gasteiger partial charge in [0.15, 0.2) is 0 Å². The van der Waals surface area contributed by atoms with Crippen molar-refractivity contribution in [3.05, 3.63) is 29.8 Å². The summed E-state index contributed by atoms with van der Waals surface area (Å²) in [7, 11) is -3.08. The van der Waals surface area contributed by atoms with E-state index in [4.69, 9.17) is 0 Å². The lowest BCUT2D eigenvalue weighted by Gasteiger charge is -2.05. The first kappa shape index (κ1) is 12.8. The highest BCUT2D eigenvalue weighted by atomic mass is 32.2. The van der Waals surface area contributed by atoms with Crippen LogP contribution in [-0.4, -0.2) is 30.0 Å². The topological polar surface area (TPSA) is 64.0 Å². The highest BCUT2D eigenvalue weighted by molar-refractivity contribution is 7.90. The Morgan fingerprint density at radius 1 is 1.42 bits per heavy atom. The van der Waals surface area contributed by atoms with Crippen molar-refractivity contribution < 1.29 is 8.42 Å². The van der Waals surface area contributed by atoms with Crippen LogP contribution < -0.4 is 4.72 Å². The van der Waals surface area contributed by atoms with Crippen LogP contribution in [0.3, 0.4) is 0 Å². The molecule has 1 saturated carbocycles. The first-order valence-corrected chi connectivity index (χ1v) is 8.63. The standard InChI is InChI=1S/C12H15N3O2S2/c16-19(17,10-3-4-10)13-6-8-15-7-5-11(14-15)12-2-1-9-18-12/h1-2,5,7,9-10,13H,3-4,6,8H2. The van der Waals surface area contributed by atoms with Crippen LogP contribution in [0, 0.1) is 0 Å². The molecule has 0 amide bonds. The Labute approximate surface area is 116 Å². The van der Waals surface area contributed by atoms with E-state index in [9.17, 15) is 8.42 Å². The highest BCUT2D eigenvalue weighted by Gasteiger charge is 2.35. The minimum absolute atomic E-state index is 0.160. The van der Waals surface area contributed by atoms with Gasteiger partial charge in [0.25, 0.3) is 0 Å². The second-order valence-electron chi connectivity index (χ2n) is 4.58. The minimum atomic E-state index is -3.08. The van der Waals surface area contributed by atoms with Crippen molar-refractivity contribution in [3.63, 3.8) is 0 Å². The van der Waals surface area contributed by atoms with Gasteiger partial charge in [-0.05, 0) is 30.4 Å². The Bertz CT molecular complexity index is 642. The van der Waals surface area contributed by atoms with Gasteiger partial charge in [0.05, 0.1) is 16.7 Å². The first-order valence-electron chi connectivity index (χ1n) is 6.21. The second kappa shape index (κ2) is 5.07. The van der Waals surface area contributed by atoms with Crippen molar-refractivity contribution in [2.24, 2.45) is 0 Å². The lowest BCUT2D eigenvalue weighted by molar-refractivity contribution is 0.560. The van der Waals surface area contributed by atoms with E-state index in [0.29, 0.717) is 13.1 Å². The van der Waals surface area contributed by atoms with Gasteiger partial charge in [-0.2, -0.15) is 5.10 Å². The van der Waals surface area contributed by atoms with E-state index in [1.807, 2.05) is 29.8 Å². The van der Waals surface area contributed by atoms with Crippen molar-refractivity contribution >= 4 is 21.4 Å². The lowest BCUT2D eigenvalue weighted by atomic mass is 10.3. The van der Waals surface area contributed by atoms with Crippen molar-refractivity contribution in [1.82, 2.24) is 14.5 Å². The zero-order valence-electron chi connectivity index (χ0n) is 10.3. The predicted octanol–water partition coefficient (Wildman–Crippen LogP) is 1.69. The molecule has 1 aliphatic rings. The maximum atomic E-state index is 11.6. The molecule has 1 N–H and O–H groups in total. The molecule has 0 aromatic carbocycles. The van der Waals surface area contributed by atoms with E-state index in [-0.39, 0.29) is 5.25 Å². The Morgan fingerprint density at radius 2 is 2.26 bits per heavy atom. The summed E-state index contributed by atoms with van der Waals surface area (Å²) in [4.78, 5) is 1.12. The molecular formula is C12H15N3O2S2. The largest absolute Gasteiger partial charge is 0.271 e. The van der Waals surface area contributed by atoms with Crippen LogP contribution in [0.1, 0.15) is 12.8 Å². The maximum Gasteiger partial charge on any atom is 0.214 e. The summed E-state index contributed by atoms with van der Waals surface area (Å²) < 4.78 is 27.7. The molecule has 2 heterocycles. The minimum Gasteiger partial charge on any atom is -0.271 e. The molecule has 0 saturated heterocycles. The van der Waals surface area contributed by atoms with Crippen LogP contribution in [0.25, 0.3) is 10.6 Å². The molecule has 0 atom stereocenters. The van der Waals surface area contributed by atoms with Crippen molar-refractivity contribution in [1.29, 1.82) is 0 Å². The number of hydrogen-bond donors (Lipinski definition) is 1. The Morgan fingerprint density at radius 3 is 2.95 bits per heavy atom. The molecule has 0 spiro atoms. The molecule has 2 aromatic rings. The number of rotatable bonds is 6. The predicted molar refractivity (Wildman–Crippen MR) is 75.5 cm³/mol. The van der Waals surface area contributed by atoms with Crippen molar-refractivity contribution in [2.45, 2.75) is 24.6 Å². The van der Waals surface area contributed by atoms with Gasteiger partial charge < -0.3 is 0 Å². The third-order valence-electron chi connectivity index (χ3n) is 3.02. The van der Waals surface area contributed by atoms with Crippen LogP contribution in [0.15, 0.2) is 29.8 Å². The van der Waals surface area contributed by atoms with Gasteiger partial charge >= 0.3 is 0 Å². The molecule has 1 fully saturated rings. The zero-order valence-corrected chi connectivity index (χ0v) is 12.0. The molecule has 102 valence electrons. The summed E-state index contributed by atoms with van der Waals surface area (Å²) in [5.41, 5.74) is 0.931. The second-order valence-corrected chi connectivity index (χ2v) is 7.57. The van der Waals surface area contributed by atoms with E-state index >= 15 is 0 Å². The summed E-state index contributed by atoms with van der Waals surface area (Å²) in [5, 5.41) is 6.28. The third-order valence-corrected chi connectivity index (χ3v) is 5.87. The normalized spacial score (nSPS) is 15.8. The van der Waals surface area contributed by atoms with E-state index in [0.717, 1.165) is 23.4 Å². The van der Waals surface area contributed by atoms with Crippen molar-refractivity contribution in [2.75, 3.05) is 6.54 Å². The molecule has 1 aliphatic carbocycles. The molecule has 0 bridgehead atoms. The molecule has 0 radical (unpaired) electrons. The number of nitrogens with one attached hydrogen (secondary N) is 1. The quantitative estimate of drug-likeness (QED) is 0.882. The number of thiophene rings is 1. The molecule has 2 aromatic heterocycles. The van der Waals surface area contributed by atoms with Crippen LogP contribution in [0.4, 0.5) is 0 Å². The van der Waals surface area contributed by atoms with Gasteiger partial charge in [0.1, 0.15) is 5.69 Å². The van der Waals surface area contributed by atoms with E-state index in [2.05, 4.69) is 9.82 Å². The number of nitrogens with zero attached hydrogens (tertiary/aromatic N) is 2. The monoisotopic (exact) mass is 297 g/mol. The molecule has 0 unspecified atom stereocenters. The van der Waals surface area contributed by atoms with E-state index in [1.165, 1.54) is 0 Å². The summed E-state index contributed by atoms with van der Waals surface area (Å²) in [6, 6.07) is 5.96. The summed E-state index contributed by atoms with van der Waals surface area (Å²) in [6.07, 6.45) is 3.46. The molecule has 0 aliphatic heterocycles. The summed E-state index contributed by atoms with van der Waals surface area (Å²) >= 11 is 1.64. The fourth-order valence-corrected chi connectivity index (χ4v) is 3.90. The van der Waals surface area contributed by atoms with Crippen LogP contribution in [0.2, 0.25) is 0 Å². The number of hydrogen-bond acceptors (Lipinski definition) is 4. The van der Waals surface area contributed by atoms with Crippen molar-refractivity contribution in [3.8, 4) is 10.6 Å². The first-order chi connectivity index (χ1) is 9.15. The fraction of sp³-hybridized carbons (Fsp3) is 0.417. The van der Waals surface area contributed by atoms with Crippen LogP contribution in [-0.2, 0) is 16.6 Å².